The minimum atomic E-state index is 0.00301. The lowest BCUT2D eigenvalue weighted by Crippen LogP contribution is -2.23. The van der Waals surface area contributed by atoms with Gasteiger partial charge in [0, 0.05) is 12.1 Å². The maximum atomic E-state index is 5.67. The summed E-state index contributed by atoms with van der Waals surface area (Å²) in [6.45, 7) is 1.53. The molecular formula is C11H13NO3. The lowest BCUT2D eigenvalue weighted by atomic mass is 9.96. The predicted molar refractivity (Wildman–Crippen MR) is 54.0 cm³/mol. The van der Waals surface area contributed by atoms with Gasteiger partial charge in [-0.1, -0.05) is 6.07 Å². The van der Waals surface area contributed by atoms with E-state index in [1.165, 1.54) is 5.56 Å². The van der Waals surface area contributed by atoms with Gasteiger partial charge >= 0.3 is 0 Å². The molecule has 0 radical (unpaired) electrons. The summed E-state index contributed by atoms with van der Waals surface area (Å²) in [5.41, 5.74) is 8.01. The van der Waals surface area contributed by atoms with Crippen LogP contribution in [0.3, 0.4) is 0 Å². The Labute approximate surface area is 87.9 Å². The second kappa shape index (κ2) is 3.40. The van der Waals surface area contributed by atoms with Crippen molar-refractivity contribution in [2.24, 2.45) is 5.73 Å². The maximum absolute atomic E-state index is 5.67. The van der Waals surface area contributed by atoms with Gasteiger partial charge in [-0.3, -0.25) is 0 Å². The molecule has 80 valence electrons. The van der Waals surface area contributed by atoms with Gasteiger partial charge in [-0.25, -0.2) is 0 Å². The zero-order valence-electron chi connectivity index (χ0n) is 8.36. The van der Waals surface area contributed by atoms with Crippen LogP contribution in [0.25, 0.3) is 0 Å². The van der Waals surface area contributed by atoms with Gasteiger partial charge in [-0.2, -0.15) is 0 Å². The summed E-state index contributed by atoms with van der Waals surface area (Å²) in [5.74, 6) is 1.72. The Hall–Kier alpha value is -1.26. The Morgan fingerprint density at radius 1 is 1.33 bits per heavy atom. The highest BCUT2D eigenvalue weighted by molar-refractivity contribution is 5.53. The van der Waals surface area contributed by atoms with Crippen molar-refractivity contribution in [3.63, 3.8) is 0 Å². The Morgan fingerprint density at radius 2 is 2.27 bits per heavy atom. The molecule has 2 aliphatic heterocycles. The Kier molecular flexibility index (Phi) is 2.04. The number of ether oxygens (including phenoxy) is 3. The van der Waals surface area contributed by atoms with E-state index < -0.39 is 0 Å². The topological polar surface area (TPSA) is 53.7 Å². The summed E-state index contributed by atoms with van der Waals surface area (Å²) in [4.78, 5) is 0. The van der Waals surface area contributed by atoms with Crippen molar-refractivity contribution in [3.05, 3.63) is 23.3 Å². The van der Waals surface area contributed by atoms with Crippen molar-refractivity contribution >= 4 is 0 Å². The lowest BCUT2D eigenvalue weighted by Gasteiger charge is -2.25. The molecule has 2 heterocycles. The van der Waals surface area contributed by atoms with Gasteiger partial charge < -0.3 is 19.9 Å². The molecule has 2 aliphatic rings. The van der Waals surface area contributed by atoms with E-state index in [0.717, 1.165) is 23.5 Å². The molecule has 2 N–H and O–H groups in total. The van der Waals surface area contributed by atoms with Crippen molar-refractivity contribution in [1.29, 1.82) is 0 Å². The van der Waals surface area contributed by atoms with Gasteiger partial charge in [0.1, 0.15) is 0 Å². The van der Waals surface area contributed by atoms with Crippen molar-refractivity contribution < 1.29 is 14.2 Å². The van der Waals surface area contributed by atoms with E-state index in [-0.39, 0.29) is 6.10 Å². The van der Waals surface area contributed by atoms with Crippen LogP contribution in [-0.2, 0) is 11.2 Å². The molecule has 0 fully saturated rings. The van der Waals surface area contributed by atoms with Crippen LogP contribution in [-0.4, -0.2) is 19.9 Å². The van der Waals surface area contributed by atoms with E-state index in [0.29, 0.717) is 19.9 Å². The molecular weight excluding hydrogens is 194 g/mol. The van der Waals surface area contributed by atoms with Gasteiger partial charge in [-0.05, 0) is 18.1 Å². The highest BCUT2D eigenvalue weighted by Crippen LogP contribution is 2.41. The van der Waals surface area contributed by atoms with Crippen LogP contribution in [0.1, 0.15) is 17.2 Å². The molecule has 1 aromatic rings. The first-order chi connectivity index (χ1) is 7.40. The van der Waals surface area contributed by atoms with E-state index in [2.05, 4.69) is 0 Å². The average molecular weight is 207 g/mol. The summed E-state index contributed by atoms with van der Waals surface area (Å²) >= 11 is 0. The SMILES string of the molecule is NCC1OCCc2c1ccc1c2OCO1. The van der Waals surface area contributed by atoms with E-state index >= 15 is 0 Å². The van der Waals surface area contributed by atoms with Crippen LogP contribution >= 0.6 is 0 Å². The van der Waals surface area contributed by atoms with Crippen LogP contribution in [0.2, 0.25) is 0 Å². The molecule has 0 spiro atoms. The minimum absolute atomic E-state index is 0.00301. The maximum Gasteiger partial charge on any atom is 0.231 e. The summed E-state index contributed by atoms with van der Waals surface area (Å²) in [5, 5.41) is 0. The molecule has 0 bridgehead atoms. The Morgan fingerprint density at radius 3 is 3.13 bits per heavy atom. The number of rotatable bonds is 1. The fourth-order valence-electron chi connectivity index (χ4n) is 2.19. The first-order valence-electron chi connectivity index (χ1n) is 5.13. The fraction of sp³-hybridized carbons (Fsp3) is 0.455. The summed E-state index contributed by atoms with van der Waals surface area (Å²) in [7, 11) is 0. The van der Waals surface area contributed by atoms with Crippen molar-refractivity contribution in [2.75, 3.05) is 19.9 Å². The van der Waals surface area contributed by atoms with Gasteiger partial charge in [0.25, 0.3) is 0 Å². The van der Waals surface area contributed by atoms with Crippen LogP contribution in [0.4, 0.5) is 0 Å². The number of hydrogen-bond acceptors (Lipinski definition) is 4. The third kappa shape index (κ3) is 1.29. The van der Waals surface area contributed by atoms with E-state index in [1.807, 2.05) is 12.1 Å². The van der Waals surface area contributed by atoms with Crippen molar-refractivity contribution in [3.8, 4) is 11.5 Å². The number of nitrogens with two attached hydrogens (primary N) is 1. The van der Waals surface area contributed by atoms with Gasteiger partial charge in [0.05, 0.1) is 12.7 Å². The van der Waals surface area contributed by atoms with E-state index in [4.69, 9.17) is 19.9 Å². The molecule has 0 aliphatic carbocycles. The molecule has 1 unspecified atom stereocenters. The smallest absolute Gasteiger partial charge is 0.231 e. The minimum Gasteiger partial charge on any atom is -0.454 e. The molecule has 0 saturated carbocycles. The summed E-state index contributed by atoms with van der Waals surface area (Å²) in [6, 6.07) is 3.96. The average Bonchev–Trinajstić information content (AvgIpc) is 2.76. The third-order valence-corrected chi connectivity index (χ3v) is 2.91. The number of fused-ring (bicyclic) bond motifs is 3. The molecule has 4 heteroatoms. The molecule has 4 nitrogen and oxygen atoms in total. The first-order valence-corrected chi connectivity index (χ1v) is 5.13. The Bertz CT molecular complexity index is 392. The second-order valence-corrected chi connectivity index (χ2v) is 3.71. The summed E-state index contributed by atoms with van der Waals surface area (Å²) < 4.78 is 16.4. The second-order valence-electron chi connectivity index (χ2n) is 3.71. The van der Waals surface area contributed by atoms with Crippen molar-refractivity contribution in [2.45, 2.75) is 12.5 Å². The van der Waals surface area contributed by atoms with E-state index in [9.17, 15) is 0 Å². The lowest BCUT2D eigenvalue weighted by molar-refractivity contribution is 0.0476. The monoisotopic (exact) mass is 207 g/mol. The van der Waals surface area contributed by atoms with E-state index in [1.54, 1.807) is 0 Å². The van der Waals surface area contributed by atoms with Gasteiger partial charge in [-0.15, -0.1) is 0 Å². The largest absolute Gasteiger partial charge is 0.454 e. The zero-order valence-corrected chi connectivity index (χ0v) is 8.36. The quantitative estimate of drug-likeness (QED) is 0.746. The van der Waals surface area contributed by atoms with Gasteiger partial charge in [0.2, 0.25) is 6.79 Å². The molecule has 1 aromatic carbocycles. The third-order valence-electron chi connectivity index (χ3n) is 2.91. The standard InChI is InChI=1S/C11H13NO3/c12-5-10-7-1-2-9-11(15-6-14-9)8(7)3-4-13-10/h1-2,10H,3-6,12H2. The fourth-order valence-corrected chi connectivity index (χ4v) is 2.19. The molecule has 15 heavy (non-hydrogen) atoms. The Balaban J connectivity index is 2.11. The molecule has 1 atom stereocenters. The predicted octanol–water partition coefficient (Wildman–Crippen LogP) is 0.988. The van der Waals surface area contributed by atoms with Crippen LogP contribution in [0.15, 0.2) is 12.1 Å². The normalized spacial score (nSPS) is 22.6. The number of hydrogen-bond donors (Lipinski definition) is 1. The van der Waals surface area contributed by atoms with Crippen LogP contribution in [0, 0.1) is 0 Å². The van der Waals surface area contributed by atoms with Crippen LogP contribution < -0.4 is 15.2 Å². The first kappa shape index (κ1) is 9.00. The molecule has 0 aromatic heterocycles. The molecule has 0 amide bonds. The zero-order chi connectivity index (χ0) is 10.3. The summed E-state index contributed by atoms with van der Waals surface area (Å²) in [6.07, 6.45) is 0.876. The van der Waals surface area contributed by atoms with Crippen molar-refractivity contribution in [1.82, 2.24) is 0 Å². The highest BCUT2D eigenvalue weighted by atomic mass is 16.7. The van der Waals surface area contributed by atoms with Gasteiger partial charge in [0.15, 0.2) is 11.5 Å². The molecule has 0 saturated heterocycles. The molecule has 3 rings (SSSR count). The number of benzene rings is 1. The highest BCUT2D eigenvalue weighted by Gasteiger charge is 2.27. The van der Waals surface area contributed by atoms with Crippen LogP contribution in [0.5, 0.6) is 11.5 Å².